The van der Waals surface area contributed by atoms with Gasteiger partial charge in [0.25, 0.3) is 0 Å². The Morgan fingerprint density at radius 3 is 2.69 bits per heavy atom. The highest BCUT2D eigenvalue weighted by Crippen LogP contribution is 2.17. The van der Waals surface area contributed by atoms with E-state index in [0.717, 1.165) is 29.0 Å². The maximum absolute atomic E-state index is 12.1. The monoisotopic (exact) mass is 511 g/mol. The maximum atomic E-state index is 12.1. The third kappa shape index (κ3) is 6.45. The number of fused-ring (bicyclic) bond motifs is 1. The summed E-state index contributed by atoms with van der Waals surface area (Å²) in [5, 5.41) is 7.78. The van der Waals surface area contributed by atoms with E-state index in [1.165, 1.54) is 0 Å². The molecule has 1 aromatic carbocycles. The number of guanidine groups is 1. The van der Waals surface area contributed by atoms with Crippen LogP contribution < -0.4 is 10.6 Å². The molecule has 29 heavy (non-hydrogen) atoms. The Bertz CT molecular complexity index is 854. The van der Waals surface area contributed by atoms with E-state index < -0.39 is 5.60 Å². The Balaban J connectivity index is 0.00000300. The van der Waals surface area contributed by atoms with Crippen molar-refractivity contribution < 1.29 is 9.53 Å². The minimum atomic E-state index is -0.473. The summed E-state index contributed by atoms with van der Waals surface area (Å²) in [7, 11) is 0. The zero-order valence-corrected chi connectivity index (χ0v) is 19.8. The molecule has 0 radical (unpaired) electrons. The Morgan fingerprint density at radius 1 is 1.28 bits per heavy atom. The van der Waals surface area contributed by atoms with Crippen LogP contribution in [0.25, 0.3) is 10.9 Å². The number of carbonyl (C=O) groups is 1. The second-order valence-electron chi connectivity index (χ2n) is 7.91. The molecule has 158 valence electrons. The van der Waals surface area contributed by atoms with Gasteiger partial charge in [-0.1, -0.05) is 18.2 Å². The van der Waals surface area contributed by atoms with Crippen LogP contribution in [0.4, 0.5) is 4.79 Å². The predicted octanol–water partition coefficient (Wildman–Crippen LogP) is 3.53. The zero-order chi connectivity index (χ0) is 20.1. The van der Waals surface area contributed by atoms with E-state index in [4.69, 9.17) is 9.73 Å². The van der Waals surface area contributed by atoms with Crippen molar-refractivity contribution in [2.75, 3.05) is 19.6 Å². The molecule has 2 heterocycles. The van der Waals surface area contributed by atoms with Gasteiger partial charge in [-0.3, -0.25) is 4.98 Å². The first-order chi connectivity index (χ1) is 13.4. The Labute approximate surface area is 189 Å². The van der Waals surface area contributed by atoms with Gasteiger partial charge in [0.15, 0.2) is 5.96 Å². The molecule has 1 saturated heterocycles. The number of hydrogen-bond donors (Lipinski definition) is 2. The van der Waals surface area contributed by atoms with E-state index >= 15 is 0 Å². The van der Waals surface area contributed by atoms with Crippen LogP contribution in [-0.4, -0.2) is 53.2 Å². The van der Waals surface area contributed by atoms with Crippen LogP contribution in [0.15, 0.2) is 41.5 Å². The summed E-state index contributed by atoms with van der Waals surface area (Å²) >= 11 is 0. The summed E-state index contributed by atoms with van der Waals surface area (Å²) in [6.07, 6.45) is 1.55. The number of pyridine rings is 1. The van der Waals surface area contributed by atoms with Gasteiger partial charge in [0.1, 0.15) is 5.60 Å². The SMILES string of the molecule is CCNC(=NCc1ccnc2ccccc12)NC1CN(C(=O)OC(C)(C)C)C1.I. The molecule has 0 unspecified atom stereocenters. The molecular formula is C21H30IN5O2. The number of halogens is 1. The number of amides is 1. The van der Waals surface area contributed by atoms with Gasteiger partial charge >= 0.3 is 6.09 Å². The second-order valence-corrected chi connectivity index (χ2v) is 7.91. The lowest BCUT2D eigenvalue weighted by atomic mass is 10.1. The Morgan fingerprint density at radius 2 is 2.00 bits per heavy atom. The number of aromatic nitrogens is 1. The fraction of sp³-hybridized carbons (Fsp3) is 0.476. The highest BCUT2D eigenvalue weighted by Gasteiger charge is 2.34. The van der Waals surface area contributed by atoms with Crippen molar-refractivity contribution in [3.8, 4) is 0 Å². The highest BCUT2D eigenvalue weighted by molar-refractivity contribution is 14.0. The molecule has 0 spiro atoms. The molecule has 0 saturated carbocycles. The van der Waals surface area contributed by atoms with Crippen molar-refractivity contribution >= 4 is 46.9 Å². The van der Waals surface area contributed by atoms with Crippen LogP contribution in [0.5, 0.6) is 0 Å². The first-order valence-corrected chi connectivity index (χ1v) is 9.71. The highest BCUT2D eigenvalue weighted by atomic mass is 127. The number of aliphatic imine (C=N–C) groups is 1. The lowest BCUT2D eigenvalue weighted by molar-refractivity contribution is 0.00701. The molecular weight excluding hydrogens is 481 g/mol. The largest absolute Gasteiger partial charge is 0.444 e. The van der Waals surface area contributed by atoms with Crippen molar-refractivity contribution in [2.45, 2.75) is 45.9 Å². The number of para-hydroxylation sites is 1. The summed E-state index contributed by atoms with van der Waals surface area (Å²) in [6.45, 7) is 10.2. The number of nitrogens with one attached hydrogen (secondary N) is 2. The first kappa shape index (κ1) is 23.2. The lowest BCUT2D eigenvalue weighted by Gasteiger charge is -2.40. The number of hydrogen-bond acceptors (Lipinski definition) is 4. The normalized spacial score (nSPS) is 14.8. The number of rotatable bonds is 4. The van der Waals surface area contributed by atoms with Crippen LogP contribution in [0.3, 0.4) is 0 Å². The molecule has 1 aliphatic rings. The molecule has 1 amide bonds. The Kier molecular flexibility index (Phi) is 8.06. The minimum Gasteiger partial charge on any atom is -0.444 e. The number of likely N-dealkylation sites (tertiary alicyclic amines) is 1. The van der Waals surface area contributed by atoms with Crippen molar-refractivity contribution in [2.24, 2.45) is 4.99 Å². The van der Waals surface area contributed by atoms with Crippen molar-refractivity contribution in [3.63, 3.8) is 0 Å². The standard InChI is InChI=1S/C21H29N5O2.HI/c1-5-22-19(25-16-13-26(14-16)20(27)28-21(2,3)4)24-12-15-10-11-23-18-9-7-6-8-17(15)18;/h6-11,16H,5,12-14H2,1-4H3,(H2,22,24,25);1H. The topological polar surface area (TPSA) is 78.9 Å². The molecule has 1 aliphatic heterocycles. The summed E-state index contributed by atoms with van der Waals surface area (Å²) in [5.41, 5.74) is 1.63. The number of ether oxygens (including phenoxy) is 1. The van der Waals surface area contributed by atoms with Gasteiger partial charge in [-0.15, -0.1) is 24.0 Å². The molecule has 2 aromatic rings. The second kappa shape index (κ2) is 10.1. The number of carbonyl (C=O) groups excluding carboxylic acids is 1. The van der Waals surface area contributed by atoms with Gasteiger partial charge < -0.3 is 20.3 Å². The molecule has 1 aromatic heterocycles. The van der Waals surface area contributed by atoms with E-state index in [0.29, 0.717) is 19.6 Å². The van der Waals surface area contributed by atoms with Gasteiger partial charge in [0.2, 0.25) is 0 Å². The van der Waals surface area contributed by atoms with Gasteiger partial charge in [0, 0.05) is 31.2 Å². The van der Waals surface area contributed by atoms with Gasteiger partial charge in [-0.05, 0) is 45.4 Å². The van der Waals surface area contributed by atoms with E-state index in [9.17, 15) is 4.79 Å². The van der Waals surface area contributed by atoms with Crippen molar-refractivity contribution in [1.82, 2.24) is 20.5 Å². The van der Waals surface area contributed by atoms with Crippen molar-refractivity contribution in [3.05, 3.63) is 42.1 Å². The zero-order valence-electron chi connectivity index (χ0n) is 17.4. The van der Waals surface area contributed by atoms with E-state index in [1.807, 2.05) is 58.2 Å². The van der Waals surface area contributed by atoms with Crippen molar-refractivity contribution in [1.29, 1.82) is 0 Å². The third-order valence-electron chi connectivity index (χ3n) is 4.37. The first-order valence-electron chi connectivity index (χ1n) is 9.71. The van der Waals surface area contributed by atoms with E-state index in [-0.39, 0.29) is 36.1 Å². The van der Waals surface area contributed by atoms with Crippen LogP contribution in [0.1, 0.15) is 33.3 Å². The van der Waals surface area contributed by atoms with Crippen LogP contribution in [0, 0.1) is 0 Å². The lowest BCUT2D eigenvalue weighted by Crippen LogP contribution is -2.63. The summed E-state index contributed by atoms with van der Waals surface area (Å²) in [5.74, 6) is 0.747. The van der Waals surface area contributed by atoms with Gasteiger partial charge in [-0.25, -0.2) is 9.79 Å². The minimum absolute atomic E-state index is 0. The molecule has 0 bridgehead atoms. The van der Waals surface area contributed by atoms with Gasteiger partial charge in [0.05, 0.1) is 18.1 Å². The summed E-state index contributed by atoms with van der Waals surface area (Å²) < 4.78 is 5.40. The summed E-state index contributed by atoms with van der Waals surface area (Å²) in [6, 6.07) is 10.2. The maximum Gasteiger partial charge on any atom is 0.410 e. The molecule has 3 rings (SSSR count). The van der Waals surface area contributed by atoms with E-state index in [2.05, 4.69) is 21.7 Å². The molecule has 8 heteroatoms. The van der Waals surface area contributed by atoms with Crippen LogP contribution in [-0.2, 0) is 11.3 Å². The predicted molar refractivity (Wildman–Crippen MR) is 127 cm³/mol. The Hall–Kier alpha value is -2.10. The smallest absolute Gasteiger partial charge is 0.410 e. The molecule has 0 aliphatic carbocycles. The average molecular weight is 511 g/mol. The van der Waals surface area contributed by atoms with Gasteiger partial charge in [-0.2, -0.15) is 0 Å². The van der Waals surface area contributed by atoms with E-state index in [1.54, 1.807) is 4.90 Å². The fourth-order valence-corrected chi connectivity index (χ4v) is 3.02. The quantitative estimate of drug-likeness (QED) is 0.373. The third-order valence-corrected chi connectivity index (χ3v) is 4.37. The molecule has 0 atom stereocenters. The molecule has 1 fully saturated rings. The molecule has 2 N–H and O–H groups in total. The molecule has 7 nitrogen and oxygen atoms in total. The summed E-state index contributed by atoms with van der Waals surface area (Å²) in [4.78, 5) is 22.9. The average Bonchev–Trinajstić information content (AvgIpc) is 2.60. The fourth-order valence-electron chi connectivity index (χ4n) is 3.02. The van der Waals surface area contributed by atoms with Crippen LogP contribution >= 0.6 is 24.0 Å². The number of benzene rings is 1. The van der Waals surface area contributed by atoms with Crippen LogP contribution in [0.2, 0.25) is 0 Å². The number of nitrogens with zero attached hydrogens (tertiary/aromatic N) is 3.